The lowest BCUT2D eigenvalue weighted by Gasteiger charge is -2.14. The van der Waals surface area contributed by atoms with E-state index < -0.39 is 0 Å². The van der Waals surface area contributed by atoms with Crippen LogP contribution in [0.25, 0.3) is 0 Å². The van der Waals surface area contributed by atoms with Crippen molar-refractivity contribution in [1.82, 2.24) is 5.32 Å². The molecule has 2 atom stereocenters. The summed E-state index contributed by atoms with van der Waals surface area (Å²) in [6.45, 7) is 0. The minimum Gasteiger partial charge on any atom is -0.369 e. The highest BCUT2D eigenvalue weighted by atomic mass is 16.1. The number of nitrogens with two attached hydrogens (primary N) is 1. The fourth-order valence-corrected chi connectivity index (χ4v) is 1.65. The average Bonchev–Trinajstić information content (AvgIpc) is 2.33. The van der Waals surface area contributed by atoms with Crippen molar-refractivity contribution in [3.05, 3.63) is 0 Å². The smallest absolute Gasteiger partial charge is 0.222 e. The van der Waals surface area contributed by atoms with Gasteiger partial charge in [-0.25, -0.2) is 0 Å². The van der Waals surface area contributed by atoms with E-state index in [9.17, 15) is 4.79 Å². The molecule has 0 aliphatic heterocycles. The number of primary amides is 1. The van der Waals surface area contributed by atoms with Gasteiger partial charge in [0.2, 0.25) is 5.91 Å². The van der Waals surface area contributed by atoms with Gasteiger partial charge < -0.3 is 11.1 Å². The highest BCUT2D eigenvalue weighted by Gasteiger charge is 2.29. The van der Waals surface area contributed by atoms with Crippen LogP contribution in [-0.2, 0) is 4.79 Å². The Labute approximate surface area is 61.0 Å². The van der Waals surface area contributed by atoms with Crippen molar-refractivity contribution in [2.45, 2.75) is 25.3 Å². The van der Waals surface area contributed by atoms with Crippen molar-refractivity contribution in [3.63, 3.8) is 0 Å². The number of rotatable bonds is 2. The summed E-state index contributed by atoms with van der Waals surface area (Å²) in [5, 5.41) is 3.09. The second-order valence-corrected chi connectivity index (χ2v) is 2.83. The molecule has 0 aromatic heterocycles. The summed E-state index contributed by atoms with van der Waals surface area (Å²) in [5.41, 5.74) is 5.18. The normalized spacial score (nSPS) is 32.5. The Morgan fingerprint density at radius 2 is 2.30 bits per heavy atom. The maximum absolute atomic E-state index is 10.8. The molecule has 10 heavy (non-hydrogen) atoms. The maximum Gasteiger partial charge on any atom is 0.222 e. The van der Waals surface area contributed by atoms with Gasteiger partial charge in [0.25, 0.3) is 0 Å². The minimum atomic E-state index is -0.156. The summed E-state index contributed by atoms with van der Waals surface area (Å²) >= 11 is 0. The van der Waals surface area contributed by atoms with Crippen LogP contribution in [0.1, 0.15) is 19.3 Å². The first-order valence-electron chi connectivity index (χ1n) is 3.72. The topological polar surface area (TPSA) is 55.1 Å². The SMILES string of the molecule is CN[C@H]1CCC[C@H]1C(N)=O. The largest absolute Gasteiger partial charge is 0.369 e. The molecule has 3 heteroatoms. The maximum atomic E-state index is 10.8. The molecule has 1 amide bonds. The van der Waals surface area contributed by atoms with Gasteiger partial charge in [-0.3, -0.25) is 4.79 Å². The number of amides is 1. The zero-order chi connectivity index (χ0) is 7.56. The molecule has 1 fully saturated rings. The molecule has 0 aromatic rings. The third-order valence-electron chi connectivity index (χ3n) is 2.25. The predicted octanol–water partition coefficient (Wildman–Crippen LogP) is -0.140. The number of hydrogen-bond acceptors (Lipinski definition) is 2. The minimum absolute atomic E-state index is 0.0741. The zero-order valence-electron chi connectivity index (χ0n) is 6.26. The van der Waals surface area contributed by atoms with Crippen molar-refractivity contribution in [2.24, 2.45) is 11.7 Å². The van der Waals surface area contributed by atoms with E-state index in [4.69, 9.17) is 5.73 Å². The number of carbonyl (C=O) groups excluding carboxylic acids is 1. The standard InChI is InChI=1S/C7H14N2O/c1-9-6-4-2-3-5(6)7(8)10/h5-6,9H,2-4H2,1H3,(H2,8,10)/t5-,6+/m1/s1. The number of hydrogen-bond donors (Lipinski definition) is 2. The van der Waals surface area contributed by atoms with E-state index in [1.165, 1.54) is 0 Å². The highest BCUT2D eigenvalue weighted by Crippen LogP contribution is 2.24. The molecule has 1 aliphatic carbocycles. The quantitative estimate of drug-likeness (QED) is 0.564. The van der Waals surface area contributed by atoms with E-state index in [0.717, 1.165) is 19.3 Å². The van der Waals surface area contributed by atoms with Gasteiger partial charge in [-0.15, -0.1) is 0 Å². The molecule has 0 radical (unpaired) electrons. The van der Waals surface area contributed by atoms with Crippen LogP contribution in [0.2, 0.25) is 0 Å². The van der Waals surface area contributed by atoms with Crippen LogP contribution in [-0.4, -0.2) is 19.0 Å². The fourth-order valence-electron chi connectivity index (χ4n) is 1.65. The number of carbonyl (C=O) groups is 1. The summed E-state index contributed by atoms with van der Waals surface area (Å²) in [6, 6.07) is 0.331. The van der Waals surface area contributed by atoms with Gasteiger partial charge >= 0.3 is 0 Å². The second kappa shape index (κ2) is 3.01. The molecule has 0 saturated heterocycles. The molecule has 1 rings (SSSR count). The van der Waals surface area contributed by atoms with Gasteiger partial charge in [-0.05, 0) is 19.9 Å². The lowest BCUT2D eigenvalue weighted by atomic mass is 10.0. The van der Waals surface area contributed by atoms with Crippen LogP contribution >= 0.6 is 0 Å². The molecule has 3 N–H and O–H groups in total. The first kappa shape index (κ1) is 7.54. The van der Waals surface area contributed by atoms with E-state index in [-0.39, 0.29) is 11.8 Å². The van der Waals surface area contributed by atoms with Crippen molar-refractivity contribution in [1.29, 1.82) is 0 Å². The Kier molecular flexibility index (Phi) is 2.27. The van der Waals surface area contributed by atoms with E-state index in [0.29, 0.717) is 6.04 Å². The highest BCUT2D eigenvalue weighted by molar-refractivity contribution is 5.77. The molecule has 1 aliphatic rings. The van der Waals surface area contributed by atoms with Crippen molar-refractivity contribution in [2.75, 3.05) is 7.05 Å². The van der Waals surface area contributed by atoms with Crippen molar-refractivity contribution in [3.8, 4) is 0 Å². The fraction of sp³-hybridized carbons (Fsp3) is 0.857. The summed E-state index contributed by atoms with van der Waals surface area (Å²) in [6.07, 6.45) is 3.17. The summed E-state index contributed by atoms with van der Waals surface area (Å²) < 4.78 is 0. The van der Waals surface area contributed by atoms with Crippen LogP contribution in [0.5, 0.6) is 0 Å². The Morgan fingerprint density at radius 1 is 1.60 bits per heavy atom. The van der Waals surface area contributed by atoms with Crippen LogP contribution in [0, 0.1) is 5.92 Å². The summed E-state index contributed by atoms with van der Waals surface area (Å²) in [5.74, 6) is -0.0816. The molecular formula is C7H14N2O. The second-order valence-electron chi connectivity index (χ2n) is 2.83. The van der Waals surface area contributed by atoms with Crippen LogP contribution in [0.4, 0.5) is 0 Å². The Hall–Kier alpha value is -0.570. The van der Waals surface area contributed by atoms with Gasteiger partial charge in [-0.2, -0.15) is 0 Å². The van der Waals surface area contributed by atoms with Gasteiger partial charge in [0.15, 0.2) is 0 Å². The van der Waals surface area contributed by atoms with Crippen LogP contribution in [0.15, 0.2) is 0 Å². The van der Waals surface area contributed by atoms with Crippen molar-refractivity contribution >= 4 is 5.91 Å². The first-order chi connectivity index (χ1) is 4.75. The average molecular weight is 142 g/mol. The van der Waals surface area contributed by atoms with Crippen molar-refractivity contribution < 1.29 is 4.79 Å². The number of nitrogens with one attached hydrogen (secondary N) is 1. The molecule has 0 spiro atoms. The van der Waals surface area contributed by atoms with E-state index >= 15 is 0 Å². The molecule has 0 heterocycles. The molecule has 0 bridgehead atoms. The summed E-state index contributed by atoms with van der Waals surface area (Å²) in [4.78, 5) is 10.8. The van der Waals surface area contributed by atoms with Gasteiger partial charge in [-0.1, -0.05) is 6.42 Å². The Balaban J connectivity index is 2.50. The molecule has 0 aromatic carbocycles. The third-order valence-corrected chi connectivity index (χ3v) is 2.25. The van der Waals surface area contributed by atoms with E-state index in [1.54, 1.807) is 0 Å². The predicted molar refractivity (Wildman–Crippen MR) is 39.4 cm³/mol. The van der Waals surface area contributed by atoms with Gasteiger partial charge in [0.1, 0.15) is 0 Å². The van der Waals surface area contributed by atoms with Crippen LogP contribution < -0.4 is 11.1 Å². The van der Waals surface area contributed by atoms with Gasteiger partial charge in [0.05, 0.1) is 5.92 Å². The molecule has 0 unspecified atom stereocenters. The van der Waals surface area contributed by atoms with Crippen LogP contribution in [0.3, 0.4) is 0 Å². The zero-order valence-corrected chi connectivity index (χ0v) is 6.26. The molecular weight excluding hydrogens is 128 g/mol. The van der Waals surface area contributed by atoms with E-state index in [1.807, 2.05) is 7.05 Å². The molecule has 3 nitrogen and oxygen atoms in total. The van der Waals surface area contributed by atoms with Gasteiger partial charge in [0, 0.05) is 6.04 Å². The third kappa shape index (κ3) is 1.29. The molecule has 1 saturated carbocycles. The lowest BCUT2D eigenvalue weighted by molar-refractivity contribution is -0.122. The monoisotopic (exact) mass is 142 g/mol. The molecule has 58 valence electrons. The van der Waals surface area contributed by atoms with E-state index in [2.05, 4.69) is 5.32 Å². The summed E-state index contributed by atoms with van der Waals surface area (Å²) in [7, 11) is 1.88. The Morgan fingerprint density at radius 3 is 2.70 bits per heavy atom. The lowest BCUT2D eigenvalue weighted by Crippen LogP contribution is -2.37. The Bertz CT molecular complexity index is 136. The first-order valence-corrected chi connectivity index (χ1v) is 3.72.